The normalized spacial score (nSPS) is 12.2. The van der Waals surface area contributed by atoms with Crippen molar-refractivity contribution >= 4 is 5.82 Å². The predicted molar refractivity (Wildman–Crippen MR) is 63.2 cm³/mol. The van der Waals surface area contributed by atoms with Crippen LogP contribution in [0.25, 0.3) is 0 Å². The predicted octanol–water partition coefficient (Wildman–Crippen LogP) is 1.10. The first kappa shape index (κ1) is 12.4. The average Bonchev–Trinajstić information content (AvgIpc) is 2.30. The van der Waals surface area contributed by atoms with Crippen LogP contribution in [0.2, 0.25) is 0 Å². The lowest BCUT2D eigenvalue weighted by molar-refractivity contribution is 0.252. The standard InChI is InChI=1S/C11H17N5/c1-9(5-6-12)16(2)8-10-4-3-7-14-11(10)15-13/h3-4,7,9H,5,8,13H2,1-2H3,(H,14,15). The maximum absolute atomic E-state index is 8.63. The van der Waals surface area contributed by atoms with Crippen LogP contribution >= 0.6 is 0 Å². The Morgan fingerprint density at radius 2 is 2.44 bits per heavy atom. The molecular weight excluding hydrogens is 202 g/mol. The van der Waals surface area contributed by atoms with E-state index in [1.165, 1.54) is 0 Å². The second kappa shape index (κ2) is 6.05. The van der Waals surface area contributed by atoms with Crippen molar-refractivity contribution in [3.05, 3.63) is 23.9 Å². The van der Waals surface area contributed by atoms with E-state index in [0.717, 1.165) is 12.1 Å². The number of rotatable bonds is 5. The second-order valence-corrected chi connectivity index (χ2v) is 3.78. The summed E-state index contributed by atoms with van der Waals surface area (Å²) in [5.74, 6) is 6.06. The minimum absolute atomic E-state index is 0.218. The van der Waals surface area contributed by atoms with Gasteiger partial charge in [-0.05, 0) is 20.0 Å². The molecule has 1 aromatic rings. The van der Waals surface area contributed by atoms with Crippen LogP contribution < -0.4 is 11.3 Å². The maximum Gasteiger partial charge on any atom is 0.144 e. The van der Waals surface area contributed by atoms with Gasteiger partial charge in [0.15, 0.2) is 0 Å². The van der Waals surface area contributed by atoms with E-state index in [9.17, 15) is 0 Å². The summed E-state index contributed by atoms with van der Waals surface area (Å²) in [6, 6.07) is 6.23. The van der Waals surface area contributed by atoms with E-state index in [1.807, 2.05) is 26.1 Å². The third-order valence-electron chi connectivity index (χ3n) is 2.59. The first-order chi connectivity index (χ1) is 7.69. The maximum atomic E-state index is 8.63. The van der Waals surface area contributed by atoms with Crippen LogP contribution in [-0.4, -0.2) is 23.0 Å². The molecule has 0 fully saturated rings. The molecular formula is C11H17N5. The van der Waals surface area contributed by atoms with Gasteiger partial charge in [-0.2, -0.15) is 5.26 Å². The van der Waals surface area contributed by atoms with Gasteiger partial charge in [-0.1, -0.05) is 6.07 Å². The third kappa shape index (κ3) is 3.19. The van der Waals surface area contributed by atoms with E-state index in [4.69, 9.17) is 11.1 Å². The number of pyridine rings is 1. The molecule has 0 aliphatic heterocycles. The lowest BCUT2D eigenvalue weighted by Gasteiger charge is -2.23. The van der Waals surface area contributed by atoms with E-state index in [-0.39, 0.29) is 6.04 Å². The van der Waals surface area contributed by atoms with Gasteiger partial charge in [-0.25, -0.2) is 10.8 Å². The SMILES string of the molecule is CC(CC#N)N(C)Cc1cccnc1NN. The molecule has 3 N–H and O–H groups in total. The molecule has 0 bridgehead atoms. The number of nitrogens with two attached hydrogens (primary N) is 1. The summed E-state index contributed by atoms with van der Waals surface area (Å²) in [6.07, 6.45) is 2.21. The van der Waals surface area contributed by atoms with Crippen molar-refractivity contribution in [1.82, 2.24) is 9.88 Å². The van der Waals surface area contributed by atoms with E-state index in [0.29, 0.717) is 12.2 Å². The molecule has 0 aliphatic carbocycles. The highest BCUT2D eigenvalue weighted by Crippen LogP contribution is 2.14. The fraction of sp³-hybridized carbons (Fsp3) is 0.455. The Hall–Kier alpha value is -1.64. The van der Waals surface area contributed by atoms with Crippen molar-refractivity contribution < 1.29 is 0 Å². The van der Waals surface area contributed by atoms with Crippen molar-refractivity contribution in [2.24, 2.45) is 5.84 Å². The molecule has 1 atom stereocenters. The molecule has 1 rings (SSSR count). The molecule has 0 saturated carbocycles. The van der Waals surface area contributed by atoms with E-state index >= 15 is 0 Å². The molecule has 86 valence electrons. The number of nitrogens with one attached hydrogen (secondary N) is 1. The Morgan fingerprint density at radius 1 is 1.69 bits per heavy atom. The monoisotopic (exact) mass is 219 g/mol. The van der Waals surface area contributed by atoms with Crippen molar-refractivity contribution in [2.45, 2.75) is 25.9 Å². The molecule has 1 unspecified atom stereocenters. The number of hydrogen-bond acceptors (Lipinski definition) is 5. The van der Waals surface area contributed by atoms with Gasteiger partial charge in [0.1, 0.15) is 5.82 Å². The smallest absolute Gasteiger partial charge is 0.144 e. The largest absolute Gasteiger partial charge is 0.308 e. The summed E-state index contributed by atoms with van der Waals surface area (Å²) in [5, 5.41) is 8.63. The molecule has 0 aromatic carbocycles. The molecule has 16 heavy (non-hydrogen) atoms. The van der Waals surface area contributed by atoms with Crippen molar-refractivity contribution in [2.75, 3.05) is 12.5 Å². The zero-order valence-corrected chi connectivity index (χ0v) is 9.64. The van der Waals surface area contributed by atoms with Gasteiger partial charge in [-0.15, -0.1) is 0 Å². The molecule has 5 heteroatoms. The van der Waals surface area contributed by atoms with Crippen molar-refractivity contribution in [3.63, 3.8) is 0 Å². The van der Waals surface area contributed by atoms with Gasteiger partial charge in [0.25, 0.3) is 0 Å². The van der Waals surface area contributed by atoms with E-state index < -0.39 is 0 Å². The van der Waals surface area contributed by atoms with Gasteiger partial charge >= 0.3 is 0 Å². The van der Waals surface area contributed by atoms with E-state index in [2.05, 4.69) is 21.4 Å². The van der Waals surface area contributed by atoms with Gasteiger partial charge in [0.2, 0.25) is 0 Å². The number of hydrogen-bond donors (Lipinski definition) is 2. The van der Waals surface area contributed by atoms with Crippen LogP contribution in [0.5, 0.6) is 0 Å². The molecule has 0 aliphatic rings. The Kier molecular flexibility index (Phi) is 4.70. The number of hydrazine groups is 1. The van der Waals surface area contributed by atoms with Crippen molar-refractivity contribution in [1.29, 1.82) is 5.26 Å². The van der Waals surface area contributed by atoms with Gasteiger partial charge in [0.05, 0.1) is 12.5 Å². The molecule has 1 aromatic heterocycles. The number of nitrogen functional groups attached to an aromatic ring is 1. The zero-order chi connectivity index (χ0) is 12.0. The fourth-order valence-corrected chi connectivity index (χ4v) is 1.41. The highest BCUT2D eigenvalue weighted by atomic mass is 15.3. The lowest BCUT2D eigenvalue weighted by Crippen LogP contribution is -2.28. The first-order valence-corrected chi connectivity index (χ1v) is 5.16. The number of aromatic nitrogens is 1. The highest BCUT2D eigenvalue weighted by Gasteiger charge is 2.11. The molecule has 0 radical (unpaired) electrons. The fourth-order valence-electron chi connectivity index (χ4n) is 1.41. The minimum atomic E-state index is 0.218. The van der Waals surface area contributed by atoms with Gasteiger partial charge < -0.3 is 5.43 Å². The second-order valence-electron chi connectivity index (χ2n) is 3.78. The third-order valence-corrected chi connectivity index (χ3v) is 2.59. The van der Waals surface area contributed by atoms with Crippen LogP contribution in [0.1, 0.15) is 18.9 Å². The first-order valence-electron chi connectivity index (χ1n) is 5.16. The van der Waals surface area contributed by atoms with Crippen LogP contribution in [-0.2, 0) is 6.54 Å². The quantitative estimate of drug-likeness (QED) is 0.572. The van der Waals surface area contributed by atoms with Crippen molar-refractivity contribution in [3.8, 4) is 6.07 Å². The minimum Gasteiger partial charge on any atom is -0.308 e. The number of nitrogens with zero attached hydrogens (tertiary/aromatic N) is 3. The Balaban J connectivity index is 2.69. The molecule has 0 saturated heterocycles. The number of nitriles is 1. The Bertz CT molecular complexity index is 371. The summed E-state index contributed by atoms with van der Waals surface area (Å²) in [5.41, 5.74) is 3.59. The molecule has 0 spiro atoms. The van der Waals surface area contributed by atoms with Gasteiger partial charge in [-0.3, -0.25) is 4.90 Å². The van der Waals surface area contributed by atoms with Crippen LogP contribution in [0.4, 0.5) is 5.82 Å². The van der Waals surface area contributed by atoms with Crippen LogP contribution in [0.3, 0.4) is 0 Å². The summed E-state index contributed by atoms with van der Waals surface area (Å²) < 4.78 is 0. The molecule has 1 heterocycles. The molecule has 5 nitrogen and oxygen atoms in total. The Morgan fingerprint density at radius 3 is 3.06 bits per heavy atom. The Labute approximate surface area is 95.9 Å². The summed E-state index contributed by atoms with van der Waals surface area (Å²) in [7, 11) is 1.98. The molecule has 0 amide bonds. The summed E-state index contributed by atoms with van der Waals surface area (Å²) >= 11 is 0. The average molecular weight is 219 g/mol. The number of anilines is 1. The van der Waals surface area contributed by atoms with Crippen LogP contribution in [0, 0.1) is 11.3 Å². The van der Waals surface area contributed by atoms with E-state index in [1.54, 1.807) is 6.20 Å². The lowest BCUT2D eigenvalue weighted by atomic mass is 10.2. The van der Waals surface area contributed by atoms with Crippen LogP contribution in [0.15, 0.2) is 18.3 Å². The topological polar surface area (TPSA) is 78.0 Å². The van der Waals surface area contributed by atoms with Gasteiger partial charge in [0, 0.05) is 24.3 Å². The summed E-state index contributed by atoms with van der Waals surface area (Å²) in [4.78, 5) is 6.23. The summed E-state index contributed by atoms with van der Waals surface area (Å²) in [6.45, 7) is 2.74. The highest BCUT2D eigenvalue weighted by molar-refractivity contribution is 5.42. The zero-order valence-electron chi connectivity index (χ0n) is 9.64.